The van der Waals surface area contributed by atoms with Crippen molar-refractivity contribution in [2.75, 3.05) is 11.1 Å². The summed E-state index contributed by atoms with van der Waals surface area (Å²) in [6, 6.07) is 12.2. The van der Waals surface area contributed by atoms with E-state index in [4.69, 9.17) is 5.73 Å². The molecule has 0 radical (unpaired) electrons. The van der Waals surface area contributed by atoms with Gasteiger partial charge in [0.05, 0.1) is 4.92 Å². The molecular formula is C13H13N3O2. The van der Waals surface area contributed by atoms with Gasteiger partial charge >= 0.3 is 0 Å². The Kier molecular flexibility index (Phi) is 3.14. The van der Waals surface area contributed by atoms with Gasteiger partial charge in [-0.1, -0.05) is 0 Å². The van der Waals surface area contributed by atoms with E-state index < -0.39 is 0 Å². The molecule has 0 aliphatic heterocycles. The molecule has 0 unspecified atom stereocenters. The van der Waals surface area contributed by atoms with E-state index in [9.17, 15) is 10.1 Å². The Morgan fingerprint density at radius 1 is 1.11 bits per heavy atom. The summed E-state index contributed by atoms with van der Waals surface area (Å²) in [5.41, 5.74) is 8.73. The quantitative estimate of drug-likeness (QED) is 0.492. The molecule has 0 saturated heterocycles. The van der Waals surface area contributed by atoms with Crippen LogP contribution in [-0.2, 0) is 0 Å². The summed E-state index contributed by atoms with van der Waals surface area (Å²) in [4.78, 5) is 10.3. The summed E-state index contributed by atoms with van der Waals surface area (Å²) in [6.07, 6.45) is 0. The highest BCUT2D eigenvalue weighted by Crippen LogP contribution is 2.24. The summed E-state index contributed by atoms with van der Waals surface area (Å²) in [7, 11) is 0. The molecule has 0 aliphatic carbocycles. The molecular weight excluding hydrogens is 230 g/mol. The van der Waals surface area contributed by atoms with Crippen molar-refractivity contribution < 1.29 is 4.92 Å². The molecule has 2 aromatic rings. The third kappa shape index (κ3) is 2.57. The van der Waals surface area contributed by atoms with Crippen molar-refractivity contribution in [3.63, 3.8) is 0 Å². The molecule has 0 aliphatic rings. The van der Waals surface area contributed by atoms with E-state index in [-0.39, 0.29) is 10.6 Å². The van der Waals surface area contributed by atoms with Crippen LogP contribution in [0, 0.1) is 17.0 Å². The van der Waals surface area contributed by atoms with Crippen LogP contribution in [0.4, 0.5) is 22.7 Å². The number of nitro groups is 1. The lowest BCUT2D eigenvalue weighted by Gasteiger charge is -2.07. The van der Waals surface area contributed by atoms with E-state index in [2.05, 4.69) is 5.32 Å². The molecule has 2 aromatic carbocycles. The molecule has 5 nitrogen and oxygen atoms in total. The van der Waals surface area contributed by atoms with Crippen molar-refractivity contribution in [3.8, 4) is 0 Å². The maximum absolute atomic E-state index is 10.7. The highest BCUT2D eigenvalue weighted by atomic mass is 16.6. The number of nitrogens with zero attached hydrogens (tertiary/aromatic N) is 1. The minimum atomic E-state index is -0.387. The first-order valence-electron chi connectivity index (χ1n) is 5.44. The summed E-state index contributed by atoms with van der Waals surface area (Å²) < 4.78 is 0. The van der Waals surface area contributed by atoms with E-state index in [0.717, 1.165) is 11.4 Å². The molecule has 18 heavy (non-hydrogen) atoms. The Morgan fingerprint density at radius 2 is 1.72 bits per heavy atom. The zero-order valence-corrected chi connectivity index (χ0v) is 9.88. The molecule has 0 spiro atoms. The van der Waals surface area contributed by atoms with Crippen molar-refractivity contribution >= 4 is 22.7 Å². The molecule has 0 aromatic heterocycles. The van der Waals surface area contributed by atoms with Gasteiger partial charge in [0.1, 0.15) is 0 Å². The zero-order chi connectivity index (χ0) is 13.1. The third-order valence-corrected chi connectivity index (χ3v) is 2.59. The van der Waals surface area contributed by atoms with Crippen LogP contribution in [0.25, 0.3) is 0 Å². The molecule has 0 fully saturated rings. The highest BCUT2D eigenvalue weighted by Gasteiger charge is 2.09. The Morgan fingerprint density at radius 3 is 2.28 bits per heavy atom. The maximum atomic E-state index is 10.7. The predicted molar refractivity (Wildman–Crippen MR) is 72.0 cm³/mol. The minimum absolute atomic E-state index is 0.123. The van der Waals surface area contributed by atoms with Crippen LogP contribution in [0.1, 0.15) is 5.56 Å². The molecule has 5 heteroatoms. The lowest BCUT2D eigenvalue weighted by molar-refractivity contribution is -0.385. The second-order valence-corrected chi connectivity index (χ2v) is 4.01. The van der Waals surface area contributed by atoms with Crippen LogP contribution in [0.2, 0.25) is 0 Å². The van der Waals surface area contributed by atoms with Crippen LogP contribution in [0.15, 0.2) is 42.5 Å². The van der Waals surface area contributed by atoms with Crippen molar-refractivity contribution in [2.24, 2.45) is 0 Å². The summed E-state index contributed by atoms with van der Waals surface area (Å²) in [6.45, 7) is 1.71. The Hall–Kier alpha value is -2.56. The van der Waals surface area contributed by atoms with Crippen LogP contribution in [0.3, 0.4) is 0 Å². The molecule has 92 valence electrons. The summed E-state index contributed by atoms with van der Waals surface area (Å²) >= 11 is 0. The van der Waals surface area contributed by atoms with Crippen LogP contribution >= 0.6 is 0 Å². The maximum Gasteiger partial charge on any atom is 0.272 e. The topological polar surface area (TPSA) is 81.2 Å². The van der Waals surface area contributed by atoms with E-state index >= 15 is 0 Å². The van der Waals surface area contributed by atoms with Crippen molar-refractivity contribution in [1.29, 1.82) is 0 Å². The van der Waals surface area contributed by atoms with Gasteiger partial charge < -0.3 is 11.1 Å². The lowest BCUT2D eigenvalue weighted by atomic mass is 10.1. The number of benzene rings is 2. The largest absolute Gasteiger partial charge is 0.399 e. The zero-order valence-electron chi connectivity index (χ0n) is 9.88. The van der Waals surface area contributed by atoms with Crippen molar-refractivity contribution in [1.82, 2.24) is 0 Å². The monoisotopic (exact) mass is 243 g/mol. The van der Waals surface area contributed by atoms with Crippen LogP contribution < -0.4 is 11.1 Å². The normalized spacial score (nSPS) is 10.1. The molecule has 0 heterocycles. The van der Waals surface area contributed by atoms with Crippen molar-refractivity contribution in [2.45, 2.75) is 6.92 Å². The average Bonchev–Trinajstić information content (AvgIpc) is 2.32. The fourth-order valence-electron chi connectivity index (χ4n) is 1.67. The third-order valence-electron chi connectivity index (χ3n) is 2.59. The van der Waals surface area contributed by atoms with Crippen LogP contribution in [-0.4, -0.2) is 4.92 Å². The van der Waals surface area contributed by atoms with E-state index in [1.807, 2.05) is 12.1 Å². The van der Waals surface area contributed by atoms with E-state index in [1.165, 1.54) is 6.07 Å². The fourth-order valence-corrected chi connectivity index (χ4v) is 1.67. The fraction of sp³-hybridized carbons (Fsp3) is 0.0769. The standard InChI is InChI=1S/C13H13N3O2/c1-9-8-12(6-7-13(9)16(17)18)15-11-4-2-10(14)3-5-11/h2-8,15H,14H2,1H3. The number of nitro benzene ring substituents is 1. The van der Waals surface area contributed by atoms with E-state index in [1.54, 1.807) is 31.2 Å². The predicted octanol–water partition coefficient (Wildman–Crippen LogP) is 3.23. The SMILES string of the molecule is Cc1cc(Nc2ccc(N)cc2)ccc1[N+](=O)[O-]. The van der Waals surface area contributed by atoms with Gasteiger partial charge in [-0.15, -0.1) is 0 Å². The lowest BCUT2D eigenvalue weighted by Crippen LogP contribution is -1.95. The van der Waals surface area contributed by atoms with Gasteiger partial charge in [-0.05, 0) is 43.3 Å². The first-order valence-corrected chi connectivity index (χ1v) is 5.44. The van der Waals surface area contributed by atoms with Gasteiger partial charge in [0.2, 0.25) is 0 Å². The molecule has 0 amide bonds. The molecule has 0 bridgehead atoms. The minimum Gasteiger partial charge on any atom is -0.399 e. The number of aryl methyl sites for hydroxylation is 1. The Balaban J connectivity index is 2.22. The molecule has 3 N–H and O–H groups in total. The number of rotatable bonds is 3. The number of nitrogens with one attached hydrogen (secondary N) is 1. The second-order valence-electron chi connectivity index (χ2n) is 4.01. The van der Waals surface area contributed by atoms with Gasteiger partial charge in [-0.25, -0.2) is 0 Å². The summed E-state index contributed by atoms with van der Waals surface area (Å²) in [5.74, 6) is 0. The highest BCUT2D eigenvalue weighted by molar-refractivity contribution is 5.64. The van der Waals surface area contributed by atoms with Gasteiger partial charge in [0.15, 0.2) is 0 Å². The Labute approximate surface area is 104 Å². The number of hydrogen-bond donors (Lipinski definition) is 2. The molecule has 0 atom stereocenters. The van der Waals surface area contributed by atoms with Gasteiger partial charge in [-0.2, -0.15) is 0 Å². The second kappa shape index (κ2) is 4.75. The van der Waals surface area contributed by atoms with Crippen LogP contribution in [0.5, 0.6) is 0 Å². The number of nitrogen functional groups attached to an aromatic ring is 1. The van der Waals surface area contributed by atoms with Gasteiger partial charge in [0.25, 0.3) is 5.69 Å². The van der Waals surface area contributed by atoms with Crippen molar-refractivity contribution in [3.05, 3.63) is 58.1 Å². The first-order chi connectivity index (χ1) is 8.56. The Bertz CT molecular complexity index is 579. The smallest absolute Gasteiger partial charge is 0.272 e. The number of nitrogens with two attached hydrogens (primary N) is 1. The average molecular weight is 243 g/mol. The molecule has 0 saturated carbocycles. The number of anilines is 3. The van der Waals surface area contributed by atoms with E-state index in [0.29, 0.717) is 11.3 Å². The number of hydrogen-bond acceptors (Lipinski definition) is 4. The summed E-state index contributed by atoms with van der Waals surface area (Å²) in [5, 5.41) is 13.9. The van der Waals surface area contributed by atoms with Gasteiger partial charge in [0, 0.05) is 28.7 Å². The molecule has 2 rings (SSSR count). The first kappa shape index (κ1) is 11.9. The van der Waals surface area contributed by atoms with Gasteiger partial charge in [-0.3, -0.25) is 10.1 Å².